The third-order valence-electron chi connectivity index (χ3n) is 2.80. The van der Waals surface area contributed by atoms with Gasteiger partial charge in [-0.25, -0.2) is 0 Å². The van der Waals surface area contributed by atoms with Crippen LogP contribution < -0.4 is 5.32 Å². The van der Waals surface area contributed by atoms with Gasteiger partial charge in [0.2, 0.25) is 11.8 Å². The third kappa shape index (κ3) is 5.65. The van der Waals surface area contributed by atoms with Crippen molar-refractivity contribution in [2.75, 3.05) is 13.6 Å². The predicted octanol–water partition coefficient (Wildman–Crippen LogP) is 0.224. The van der Waals surface area contributed by atoms with Crippen molar-refractivity contribution < 1.29 is 19.5 Å². The zero-order valence-electron chi connectivity index (χ0n) is 10.8. The van der Waals surface area contributed by atoms with Gasteiger partial charge in [0.1, 0.15) is 0 Å². The Balaban J connectivity index is 2.26. The zero-order chi connectivity index (χ0) is 13.7. The van der Waals surface area contributed by atoms with Gasteiger partial charge in [-0.1, -0.05) is 6.92 Å². The number of nitrogens with one attached hydrogen (secondary N) is 1. The van der Waals surface area contributed by atoms with Crippen molar-refractivity contribution in [2.45, 2.75) is 38.6 Å². The first kappa shape index (κ1) is 14.5. The van der Waals surface area contributed by atoms with Crippen LogP contribution in [0.2, 0.25) is 0 Å². The summed E-state index contributed by atoms with van der Waals surface area (Å²) in [6.07, 6.45) is 2.14. The molecule has 0 aromatic carbocycles. The SMILES string of the molecule is CC(CC(=O)O)CC(=O)N(C)CC(=O)NC1CC1. The molecular formula is C12H20N2O4. The second kappa shape index (κ2) is 6.37. The van der Waals surface area contributed by atoms with E-state index in [1.54, 1.807) is 14.0 Å². The van der Waals surface area contributed by atoms with Gasteiger partial charge in [0.25, 0.3) is 0 Å². The molecule has 0 bridgehead atoms. The average molecular weight is 256 g/mol. The molecule has 102 valence electrons. The molecule has 6 heteroatoms. The Kier molecular flexibility index (Phi) is 5.12. The monoisotopic (exact) mass is 256 g/mol. The Morgan fingerprint density at radius 1 is 1.33 bits per heavy atom. The molecule has 1 unspecified atom stereocenters. The van der Waals surface area contributed by atoms with E-state index >= 15 is 0 Å². The summed E-state index contributed by atoms with van der Waals surface area (Å²) in [5.74, 6) is -1.48. The number of amides is 2. The molecule has 1 aliphatic carbocycles. The molecule has 18 heavy (non-hydrogen) atoms. The van der Waals surface area contributed by atoms with Crippen LogP contribution in [0.1, 0.15) is 32.6 Å². The summed E-state index contributed by atoms with van der Waals surface area (Å²) in [6.45, 7) is 1.75. The smallest absolute Gasteiger partial charge is 0.303 e. The van der Waals surface area contributed by atoms with Gasteiger partial charge >= 0.3 is 5.97 Å². The molecule has 0 spiro atoms. The fourth-order valence-electron chi connectivity index (χ4n) is 1.63. The maximum Gasteiger partial charge on any atom is 0.303 e. The van der Waals surface area contributed by atoms with Gasteiger partial charge in [-0.3, -0.25) is 14.4 Å². The van der Waals surface area contributed by atoms with Gasteiger partial charge in [-0.05, 0) is 18.8 Å². The van der Waals surface area contributed by atoms with Crippen LogP contribution in [0.15, 0.2) is 0 Å². The van der Waals surface area contributed by atoms with Gasteiger partial charge in [0.05, 0.1) is 6.54 Å². The van der Waals surface area contributed by atoms with Gasteiger partial charge in [-0.2, -0.15) is 0 Å². The predicted molar refractivity (Wildman–Crippen MR) is 64.8 cm³/mol. The highest BCUT2D eigenvalue weighted by Crippen LogP contribution is 2.18. The summed E-state index contributed by atoms with van der Waals surface area (Å²) in [6, 6.07) is 0.284. The highest BCUT2D eigenvalue weighted by atomic mass is 16.4. The van der Waals surface area contributed by atoms with Crippen LogP contribution in [0.4, 0.5) is 0 Å². The lowest BCUT2D eigenvalue weighted by molar-refractivity contribution is -0.139. The quantitative estimate of drug-likeness (QED) is 0.682. The first-order chi connectivity index (χ1) is 8.38. The molecule has 1 aliphatic rings. The molecule has 0 radical (unpaired) electrons. The molecule has 6 nitrogen and oxygen atoms in total. The van der Waals surface area contributed by atoms with Gasteiger partial charge in [-0.15, -0.1) is 0 Å². The Labute approximate surface area is 106 Å². The van der Waals surface area contributed by atoms with Crippen molar-refractivity contribution >= 4 is 17.8 Å². The average Bonchev–Trinajstić information content (AvgIpc) is 2.99. The summed E-state index contributed by atoms with van der Waals surface area (Å²) in [4.78, 5) is 35.0. The molecule has 0 aromatic rings. The Morgan fingerprint density at radius 2 is 1.94 bits per heavy atom. The third-order valence-corrected chi connectivity index (χ3v) is 2.80. The van der Waals surface area contributed by atoms with E-state index in [1.807, 2.05) is 0 Å². The van der Waals surface area contributed by atoms with Crippen LogP contribution in [0.25, 0.3) is 0 Å². The van der Waals surface area contributed by atoms with E-state index in [9.17, 15) is 14.4 Å². The molecule has 0 aliphatic heterocycles. The van der Waals surface area contributed by atoms with Crippen LogP contribution in [0.3, 0.4) is 0 Å². The summed E-state index contributed by atoms with van der Waals surface area (Å²) < 4.78 is 0. The first-order valence-electron chi connectivity index (χ1n) is 6.13. The van der Waals surface area contributed by atoms with Crippen LogP contribution in [-0.4, -0.2) is 47.4 Å². The first-order valence-corrected chi connectivity index (χ1v) is 6.13. The maximum atomic E-state index is 11.7. The molecular weight excluding hydrogens is 236 g/mol. The molecule has 2 amide bonds. The van der Waals surface area contributed by atoms with E-state index < -0.39 is 5.97 Å². The molecule has 2 N–H and O–H groups in total. The molecule has 1 saturated carbocycles. The number of likely N-dealkylation sites (N-methyl/N-ethyl adjacent to an activating group) is 1. The standard InChI is InChI=1S/C12H20N2O4/c1-8(6-12(17)18)5-11(16)14(2)7-10(15)13-9-3-4-9/h8-9H,3-7H2,1-2H3,(H,13,15)(H,17,18). The fraction of sp³-hybridized carbons (Fsp3) is 0.750. The van der Waals surface area contributed by atoms with Crippen molar-refractivity contribution in [3.63, 3.8) is 0 Å². The van der Waals surface area contributed by atoms with Crippen LogP contribution in [0, 0.1) is 5.92 Å². The minimum atomic E-state index is -0.913. The lowest BCUT2D eigenvalue weighted by atomic mass is 10.0. The minimum absolute atomic E-state index is 0.0339. The number of carboxylic acids is 1. The Morgan fingerprint density at radius 3 is 2.44 bits per heavy atom. The molecule has 1 rings (SSSR count). The van der Waals surface area contributed by atoms with Crippen molar-refractivity contribution in [3.05, 3.63) is 0 Å². The molecule has 1 fully saturated rings. The van der Waals surface area contributed by atoms with Crippen molar-refractivity contribution in [1.82, 2.24) is 10.2 Å². The van der Waals surface area contributed by atoms with E-state index in [1.165, 1.54) is 4.90 Å². The Bertz CT molecular complexity index is 339. The second-order valence-electron chi connectivity index (χ2n) is 5.00. The van der Waals surface area contributed by atoms with Gasteiger partial charge < -0.3 is 15.3 Å². The highest BCUT2D eigenvalue weighted by Gasteiger charge is 2.24. The maximum absolute atomic E-state index is 11.7. The normalized spacial score (nSPS) is 15.9. The largest absolute Gasteiger partial charge is 0.481 e. The summed E-state index contributed by atoms with van der Waals surface area (Å²) >= 11 is 0. The lowest BCUT2D eigenvalue weighted by Crippen LogP contribution is -2.39. The summed E-state index contributed by atoms with van der Waals surface area (Å²) in [5, 5.41) is 11.4. The summed E-state index contributed by atoms with van der Waals surface area (Å²) in [5.41, 5.74) is 0. The number of hydrogen-bond acceptors (Lipinski definition) is 3. The van der Waals surface area contributed by atoms with Crippen LogP contribution in [-0.2, 0) is 14.4 Å². The number of carbonyl (C=O) groups excluding carboxylic acids is 2. The van der Waals surface area contributed by atoms with E-state index in [0.717, 1.165) is 12.8 Å². The number of carboxylic acid groups (broad SMARTS) is 1. The van der Waals surface area contributed by atoms with E-state index in [-0.39, 0.29) is 43.2 Å². The molecule has 0 heterocycles. The molecule has 1 atom stereocenters. The van der Waals surface area contributed by atoms with Gasteiger partial charge in [0.15, 0.2) is 0 Å². The van der Waals surface area contributed by atoms with Crippen LogP contribution >= 0.6 is 0 Å². The van der Waals surface area contributed by atoms with E-state index in [0.29, 0.717) is 0 Å². The number of nitrogens with zero attached hydrogens (tertiary/aromatic N) is 1. The van der Waals surface area contributed by atoms with Crippen molar-refractivity contribution in [1.29, 1.82) is 0 Å². The molecule has 0 saturated heterocycles. The van der Waals surface area contributed by atoms with Crippen molar-refractivity contribution in [2.24, 2.45) is 5.92 Å². The van der Waals surface area contributed by atoms with E-state index in [2.05, 4.69) is 5.32 Å². The second-order valence-corrected chi connectivity index (χ2v) is 5.00. The fourth-order valence-corrected chi connectivity index (χ4v) is 1.63. The highest BCUT2D eigenvalue weighted by molar-refractivity contribution is 5.85. The topological polar surface area (TPSA) is 86.7 Å². The van der Waals surface area contributed by atoms with Gasteiger partial charge in [0, 0.05) is 25.9 Å². The number of carbonyl (C=O) groups is 3. The minimum Gasteiger partial charge on any atom is -0.481 e. The number of aliphatic carboxylic acids is 1. The lowest BCUT2D eigenvalue weighted by Gasteiger charge is -2.18. The Hall–Kier alpha value is -1.59. The number of rotatable bonds is 7. The summed E-state index contributed by atoms with van der Waals surface area (Å²) in [7, 11) is 1.56. The van der Waals surface area contributed by atoms with E-state index in [4.69, 9.17) is 5.11 Å². The number of hydrogen-bond donors (Lipinski definition) is 2. The molecule has 0 aromatic heterocycles. The van der Waals surface area contributed by atoms with Crippen molar-refractivity contribution in [3.8, 4) is 0 Å². The van der Waals surface area contributed by atoms with Crippen LogP contribution in [0.5, 0.6) is 0 Å². The zero-order valence-corrected chi connectivity index (χ0v) is 10.8.